The van der Waals surface area contributed by atoms with Crippen molar-refractivity contribution in [2.45, 2.75) is 45.1 Å². The fourth-order valence-corrected chi connectivity index (χ4v) is 2.01. The molecule has 0 amide bonds. The van der Waals surface area contributed by atoms with Gasteiger partial charge in [0.05, 0.1) is 12.6 Å². The molecular weight excluding hydrogens is 240 g/mol. The zero-order valence-electron chi connectivity index (χ0n) is 12.1. The van der Waals surface area contributed by atoms with E-state index in [1.807, 2.05) is 6.07 Å². The smallest absolute Gasteiger partial charge is 0.136 e. The Morgan fingerprint density at radius 1 is 1.32 bits per heavy atom. The van der Waals surface area contributed by atoms with Gasteiger partial charge in [0, 0.05) is 25.6 Å². The van der Waals surface area contributed by atoms with Gasteiger partial charge in [-0.25, -0.2) is 9.97 Å². The van der Waals surface area contributed by atoms with Crippen molar-refractivity contribution in [3.8, 4) is 0 Å². The van der Waals surface area contributed by atoms with Crippen LogP contribution in [0.5, 0.6) is 0 Å². The molecule has 1 fully saturated rings. The third-order valence-electron chi connectivity index (χ3n) is 3.26. The summed E-state index contributed by atoms with van der Waals surface area (Å²) in [4.78, 5) is 9.20. The largest absolute Gasteiger partial charge is 0.383 e. The van der Waals surface area contributed by atoms with Crippen molar-refractivity contribution in [2.75, 3.05) is 30.9 Å². The van der Waals surface area contributed by atoms with Crippen molar-refractivity contribution >= 4 is 11.6 Å². The first-order chi connectivity index (χ1) is 9.26. The molecule has 2 N–H and O–H groups in total. The van der Waals surface area contributed by atoms with Gasteiger partial charge >= 0.3 is 0 Å². The summed E-state index contributed by atoms with van der Waals surface area (Å²) in [5, 5.41) is 6.71. The number of nitrogens with zero attached hydrogens (tertiary/aromatic N) is 2. The van der Waals surface area contributed by atoms with Crippen LogP contribution in [0.4, 0.5) is 11.6 Å². The standard InChI is InChI=1S/C14H24N4O/c1-4-11(9-19-3)16-13-8-12(15-5-2)17-14(18-13)10-6-7-10/h8,10-11H,4-7,9H2,1-3H3,(H2,15,16,17,18). The number of anilines is 2. The quantitative estimate of drug-likeness (QED) is 0.756. The maximum Gasteiger partial charge on any atom is 0.136 e. The summed E-state index contributed by atoms with van der Waals surface area (Å²) < 4.78 is 5.21. The van der Waals surface area contributed by atoms with Crippen LogP contribution in [0.2, 0.25) is 0 Å². The van der Waals surface area contributed by atoms with Crippen molar-refractivity contribution in [3.63, 3.8) is 0 Å². The Kier molecular flexibility index (Phi) is 4.96. The minimum absolute atomic E-state index is 0.293. The number of hydrogen-bond donors (Lipinski definition) is 2. The van der Waals surface area contributed by atoms with E-state index >= 15 is 0 Å². The molecule has 5 heteroatoms. The lowest BCUT2D eigenvalue weighted by atomic mass is 10.2. The molecule has 1 saturated carbocycles. The van der Waals surface area contributed by atoms with Crippen LogP contribution in [-0.2, 0) is 4.74 Å². The van der Waals surface area contributed by atoms with E-state index in [2.05, 4.69) is 34.4 Å². The lowest BCUT2D eigenvalue weighted by molar-refractivity contribution is 0.184. The second-order valence-electron chi connectivity index (χ2n) is 5.01. The highest BCUT2D eigenvalue weighted by atomic mass is 16.5. The van der Waals surface area contributed by atoms with E-state index < -0.39 is 0 Å². The molecule has 0 bridgehead atoms. The van der Waals surface area contributed by atoms with Gasteiger partial charge in [-0.2, -0.15) is 0 Å². The molecular formula is C14H24N4O. The molecule has 0 aromatic carbocycles. The zero-order chi connectivity index (χ0) is 13.7. The van der Waals surface area contributed by atoms with Gasteiger partial charge in [0.25, 0.3) is 0 Å². The molecule has 0 saturated heterocycles. The lowest BCUT2D eigenvalue weighted by Crippen LogP contribution is -2.25. The minimum atomic E-state index is 0.293. The van der Waals surface area contributed by atoms with Crippen LogP contribution < -0.4 is 10.6 Å². The van der Waals surface area contributed by atoms with Crippen LogP contribution in [0, 0.1) is 0 Å². The fraction of sp³-hybridized carbons (Fsp3) is 0.714. The Bertz CT molecular complexity index is 406. The number of aromatic nitrogens is 2. The summed E-state index contributed by atoms with van der Waals surface area (Å²) in [6.45, 7) is 5.78. The molecule has 106 valence electrons. The highest BCUT2D eigenvalue weighted by molar-refractivity contribution is 5.48. The minimum Gasteiger partial charge on any atom is -0.383 e. The van der Waals surface area contributed by atoms with Crippen molar-refractivity contribution in [3.05, 3.63) is 11.9 Å². The van der Waals surface area contributed by atoms with Gasteiger partial charge in [0.2, 0.25) is 0 Å². The molecule has 1 heterocycles. The van der Waals surface area contributed by atoms with Gasteiger partial charge in [0.1, 0.15) is 17.5 Å². The SMILES string of the molecule is CCNc1cc(NC(CC)COC)nc(C2CC2)n1. The Labute approximate surface area is 115 Å². The van der Waals surface area contributed by atoms with E-state index in [9.17, 15) is 0 Å². The molecule has 5 nitrogen and oxygen atoms in total. The predicted molar refractivity (Wildman–Crippen MR) is 77.7 cm³/mol. The number of nitrogens with one attached hydrogen (secondary N) is 2. The van der Waals surface area contributed by atoms with Gasteiger partial charge in [-0.15, -0.1) is 0 Å². The van der Waals surface area contributed by atoms with Gasteiger partial charge in [-0.3, -0.25) is 0 Å². The molecule has 1 aliphatic carbocycles. The number of ether oxygens (including phenoxy) is 1. The van der Waals surface area contributed by atoms with E-state index in [-0.39, 0.29) is 0 Å². The molecule has 0 radical (unpaired) electrons. The van der Waals surface area contributed by atoms with Crippen LogP contribution in [-0.4, -0.2) is 36.3 Å². The van der Waals surface area contributed by atoms with Gasteiger partial charge in [-0.05, 0) is 26.2 Å². The summed E-state index contributed by atoms with van der Waals surface area (Å²) in [5.74, 6) is 3.33. The fourth-order valence-electron chi connectivity index (χ4n) is 2.01. The molecule has 1 unspecified atom stereocenters. The summed E-state index contributed by atoms with van der Waals surface area (Å²) in [7, 11) is 1.73. The maximum absolute atomic E-state index is 5.21. The third kappa shape index (κ3) is 4.06. The highest BCUT2D eigenvalue weighted by Crippen LogP contribution is 2.38. The van der Waals surface area contributed by atoms with Crippen LogP contribution in [0.1, 0.15) is 44.9 Å². The number of methoxy groups -OCH3 is 1. The number of hydrogen-bond acceptors (Lipinski definition) is 5. The summed E-state index contributed by atoms with van der Waals surface area (Å²) in [6, 6.07) is 2.27. The molecule has 0 spiro atoms. The first kappa shape index (κ1) is 14.1. The maximum atomic E-state index is 5.21. The van der Waals surface area contributed by atoms with Crippen molar-refractivity contribution in [1.29, 1.82) is 0 Å². The molecule has 1 aromatic heterocycles. The third-order valence-corrected chi connectivity index (χ3v) is 3.26. The Morgan fingerprint density at radius 2 is 2.05 bits per heavy atom. The van der Waals surface area contributed by atoms with Crippen molar-refractivity contribution in [1.82, 2.24) is 9.97 Å². The van der Waals surface area contributed by atoms with E-state index in [1.165, 1.54) is 12.8 Å². The Balaban J connectivity index is 2.13. The molecule has 1 atom stereocenters. The summed E-state index contributed by atoms with van der Waals surface area (Å²) in [5.41, 5.74) is 0. The normalized spacial score (nSPS) is 16.2. The Morgan fingerprint density at radius 3 is 2.63 bits per heavy atom. The predicted octanol–water partition coefficient (Wildman–Crippen LogP) is 2.62. The molecule has 0 aliphatic heterocycles. The molecule has 2 rings (SSSR count). The summed E-state index contributed by atoms with van der Waals surface area (Å²) in [6.07, 6.45) is 3.43. The van der Waals surface area contributed by atoms with Gasteiger partial charge in [-0.1, -0.05) is 6.92 Å². The number of rotatable bonds is 8. The van der Waals surface area contributed by atoms with Crippen LogP contribution in [0.15, 0.2) is 6.07 Å². The molecule has 19 heavy (non-hydrogen) atoms. The van der Waals surface area contributed by atoms with Crippen LogP contribution in [0.3, 0.4) is 0 Å². The second kappa shape index (κ2) is 6.70. The van der Waals surface area contributed by atoms with E-state index in [0.717, 1.165) is 30.4 Å². The average molecular weight is 264 g/mol. The molecule has 1 aliphatic rings. The average Bonchev–Trinajstić information content (AvgIpc) is 3.22. The summed E-state index contributed by atoms with van der Waals surface area (Å²) >= 11 is 0. The van der Waals surface area contributed by atoms with Gasteiger partial charge in [0.15, 0.2) is 0 Å². The van der Waals surface area contributed by atoms with E-state index in [4.69, 9.17) is 4.74 Å². The van der Waals surface area contributed by atoms with Crippen LogP contribution in [0.25, 0.3) is 0 Å². The van der Waals surface area contributed by atoms with E-state index in [1.54, 1.807) is 7.11 Å². The van der Waals surface area contributed by atoms with Gasteiger partial charge < -0.3 is 15.4 Å². The topological polar surface area (TPSA) is 59.1 Å². The van der Waals surface area contributed by atoms with Crippen molar-refractivity contribution < 1.29 is 4.74 Å². The lowest BCUT2D eigenvalue weighted by Gasteiger charge is -2.17. The first-order valence-electron chi connectivity index (χ1n) is 7.15. The first-order valence-corrected chi connectivity index (χ1v) is 7.15. The monoisotopic (exact) mass is 264 g/mol. The van der Waals surface area contributed by atoms with Crippen LogP contribution >= 0.6 is 0 Å². The van der Waals surface area contributed by atoms with Crippen molar-refractivity contribution in [2.24, 2.45) is 0 Å². The van der Waals surface area contributed by atoms with E-state index in [0.29, 0.717) is 18.6 Å². The highest BCUT2D eigenvalue weighted by Gasteiger charge is 2.27. The molecule has 1 aromatic rings. The zero-order valence-corrected chi connectivity index (χ0v) is 12.1. The second-order valence-corrected chi connectivity index (χ2v) is 5.01. The Hall–Kier alpha value is -1.36.